The molecule has 1 amide bonds. The van der Waals surface area contributed by atoms with Crippen LogP contribution in [0.1, 0.15) is 26.7 Å². The molecule has 1 aliphatic heterocycles. The molecule has 0 radical (unpaired) electrons. The standard InChI is InChI=1S/C9H16ClNO2/c1-7-9(2,4-6-13-7)11-8(12)3-5-10/h7H,3-6H2,1-2H3,(H,11,12). The van der Waals surface area contributed by atoms with Gasteiger partial charge in [-0.1, -0.05) is 0 Å². The van der Waals surface area contributed by atoms with E-state index in [0.29, 0.717) is 12.3 Å². The normalized spacial score (nSPS) is 33.3. The van der Waals surface area contributed by atoms with Crippen molar-refractivity contribution in [3.8, 4) is 0 Å². The molecule has 4 heteroatoms. The van der Waals surface area contributed by atoms with Crippen LogP contribution in [-0.4, -0.2) is 30.0 Å². The summed E-state index contributed by atoms with van der Waals surface area (Å²) in [5.41, 5.74) is -0.205. The van der Waals surface area contributed by atoms with Gasteiger partial charge >= 0.3 is 0 Å². The van der Waals surface area contributed by atoms with Crippen LogP contribution in [0.4, 0.5) is 0 Å². The zero-order valence-electron chi connectivity index (χ0n) is 8.10. The molecule has 0 aliphatic carbocycles. The van der Waals surface area contributed by atoms with Gasteiger partial charge in [-0.2, -0.15) is 0 Å². The Kier molecular flexibility index (Phi) is 3.56. The third-order valence-corrected chi connectivity index (χ3v) is 2.82. The van der Waals surface area contributed by atoms with Crippen LogP contribution in [0.2, 0.25) is 0 Å². The van der Waals surface area contributed by atoms with Gasteiger partial charge in [0.25, 0.3) is 0 Å². The second-order valence-corrected chi connectivity index (χ2v) is 4.05. The van der Waals surface area contributed by atoms with Crippen LogP contribution in [-0.2, 0) is 9.53 Å². The van der Waals surface area contributed by atoms with Crippen molar-refractivity contribution >= 4 is 17.5 Å². The van der Waals surface area contributed by atoms with E-state index in [1.54, 1.807) is 0 Å². The van der Waals surface area contributed by atoms with Gasteiger partial charge in [-0.15, -0.1) is 11.6 Å². The van der Waals surface area contributed by atoms with Crippen LogP contribution in [0.25, 0.3) is 0 Å². The van der Waals surface area contributed by atoms with Crippen LogP contribution in [0, 0.1) is 0 Å². The van der Waals surface area contributed by atoms with E-state index in [9.17, 15) is 4.79 Å². The van der Waals surface area contributed by atoms with Crippen LogP contribution in [0.15, 0.2) is 0 Å². The molecule has 13 heavy (non-hydrogen) atoms. The Hall–Kier alpha value is -0.280. The molecule has 0 spiro atoms. The first-order valence-corrected chi connectivity index (χ1v) is 5.10. The monoisotopic (exact) mass is 205 g/mol. The lowest BCUT2D eigenvalue weighted by Crippen LogP contribution is -2.50. The average molecular weight is 206 g/mol. The molecule has 1 aliphatic rings. The lowest BCUT2D eigenvalue weighted by atomic mass is 9.94. The maximum absolute atomic E-state index is 11.3. The first-order chi connectivity index (χ1) is 6.08. The van der Waals surface area contributed by atoms with Gasteiger partial charge in [0.05, 0.1) is 11.6 Å². The number of carbonyl (C=O) groups is 1. The summed E-state index contributed by atoms with van der Waals surface area (Å²) >= 11 is 5.47. The van der Waals surface area contributed by atoms with Gasteiger partial charge in [-0.25, -0.2) is 0 Å². The van der Waals surface area contributed by atoms with Crippen LogP contribution in [0.5, 0.6) is 0 Å². The number of ether oxygens (including phenoxy) is 1. The summed E-state index contributed by atoms with van der Waals surface area (Å²) in [4.78, 5) is 11.3. The van der Waals surface area contributed by atoms with Gasteiger partial charge in [0.15, 0.2) is 0 Å². The van der Waals surface area contributed by atoms with Crippen molar-refractivity contribution in [1.29, 1.82) is 0 Å². The van der Waals surface area contributed by atoms with E-state index in [0.717, 1.165) is 13.0 Å². The molecule has 2 unspecified atom stereocenters. The van der Waals surface area contributed by atoms with Crippen molar-refractivity contribution in [3.05, 3.63) is 0 Å². The molecular formula is C9H16ClNO2. The van der Waals surface area contributed by atoms with Crippen molar-refractivity contribution in [2.24, 2.45) is 0 Å². The molecular weight excluding hydrogens is 190 g/mol. The van der Waals surface area contributed by atoms with E-state index in [1.165, 1.54) is 0 Å². The number of hydrogen-bond acceptors (Lipinski definition) is 2. The molecule has 1 saturated heterocycles. The predicted molar refractivity (Wildman–Crippen MR) is 51.9 cm³/mol. The minimum Gasteiger partial charge on any atom is -0.376 e. The molecule has 0 aromatic carbocycles. The van der Waals surface area contributed by atoms with Gasteiger partial charge in [0.2, 0.25) is 5.91 Å². The fraction of sp³-hybridized carbons (Fsp3) is 0.889. The summed E-state index contributed by atoms with van der Waals surface area (Å²) in [6, 6.07) is 0. The minimum atomic E-state index is -0.205. The van der Waals surface area contributed by atoms with Crippen molar-refractivity contribution in [2.45, 2.75) is 38.3 Å². The molecule has 76 valence electrons. The van der Waals surface area contributed by atoms with Gasteiger partial charge in [0, 0.05) is 18.9 Å². The number of halogens is 1. The fourth-order valence-corrected chi connectivity index (χ4v) is 1.64. The van der Waals surface area contributed by atoms with Crippen LogP contribution in [0.3, 0.4) is 0 Å². The van der Waals surface area contributed by atoms with Gasteiger partial charge in [-0.05, 0) is 20.3 Å². The number of carbonyl (C=O) groups excluding carboxylic acids is 1. The van der Waals surface area contributed by atoms with E-state index in [4.69, 9.17) is 16.3 Å². The smallest absolute Gasteiger partial charge is 0.221 e. The zero-order chi connectivity index (χ0) is 9.90. The van der Waals surface area contributed by atoms with E-state index < -0.39 is 0 Å². The SMILES string of the molecule is CC1OCCC1(C)NC(=O)CCCl. The Balaban J connectivity index is 2.46. The summed E-state index contributed by atoms with van der Waals surface area (Å²) in [5, 5.41) is 2.96. The van der Waals surface area contributed by atoms with Crippen molar-refractivity contribution < 1.29 is 9.53 Å². The highest BCUT2D eigenvalue weighted by Crippen LogP contribution is 2.24. The molecule has 0 aromatic rings. The highest BCUT2D eigenvalue weighted by molar-refractivity contribution is 6.18. The van der Waals surface area contributed by atoms with Crippen LogP contribution < -0.4 is 5.32 Å². The zero-order valence-corrected chi connectivity index (χ0v) is 8.86. The highest BCUT2D eigenvalue weighted by Gasteiger charge is 2.37. The van der Waals surface area contributed by atoms with Crippen molar-refractivity contribution in [2.75, 3.05) is 12.5 Å². The first kappa shape index (κ1) is 10.8. The Morgan fingerprint density at radius 2 is 2.46 bits per heavy atom. The molecule has 0 bridgehead atoms. The van der Waals surface area contributed by atoms with Crippen molar-refractivity contribution in [3.63, 3.8) is 0 Å². The molecule has 2 atom stereocenters. The Morgan fingerprint density at radius 1 is 1.77 bits per heavy atom. The Morgan fingerprint density at radius 3 is 2.92 bits per heavy atom. The second kappa shape index (κ2) is 4.29. The van der Waals surface area contributed by atoms with Gasteiger partial charge in [-0.3, -0.25) is 4.79 Å². The number of rotatable bonds is 3. The number of amides is 1. The minimum absolute atomic E-state index is 0.00912. The third kappa shape index (κ3) is 2.58. The van der Waals surface area contributed by atoms with Crippen LogP contribution >= 0.6 is 11.6 Å². The fourth-order valence-electron chi connectivity index (χ4n) is 1.47. The lowest BCUT2D eigenvalue weighted by Gasteiger charge is -2.28. The summed E-state index contributed by atoms with van der Waals surface area (Å²) in [6.45, 7) is 4.71. The Labute approximate surface area is 83.8 Å². The number of nitrogens with one attached hydrogen (secondary N) is 1. The third-order valence-electron chi connectivity index (χ3n) is 2.63. The number of hydrogen-bond donors (Lipinski definition) is 1. The van der Waals surface area contributed by atoms with E-state index in [-0.39, 0.29) is 17.6 Å². The maximum Gasteiger partial charge on any atom is 0.221 e. The Bertz CT molecular complexity index is 198. The predicted octanol–water partition coefficient (Wildman–Crippen LogP) is 1.30. The summed E-state index contributed by atoms with van der Waals surface area (Å²) in [7, 11) is 0. The molecule has 0 saturated carbocycles. The topological polar surface area (TPSA) is 38.3 Å². The summed E-state index contributed by atoms with van der Waals surface area (Å²) in [6.07, 6.45) is 1.35. The molecule has 1 N–H and O–H groups in total. The summed E-state index contributed by atoms with van der Waals surface area (Å²) in [5.74, 6) is 0.381. The molecule has 1 rings (SSSR count). The summed E-state index contributed by atoms with van der Waals surface area (Å²) < 4.78 is 5.40. The van der Waals surface area contributed by atoms with E-state index >= 15 is 0 Å². The molecule has 3 nitrogen and oxygen atoms in total. The molecule has 0 aromatic heterocycles. The second-order valence-electron chi connectivity index (χ2n) is 3.67. The van der Waals surface area contributed by atoms with Gasteiger partial charge in [0.1, 0.15) is 0 Å². The first-order valence-electron chi connectivity index (χ1n) is 4.57. The van der Waals surface area contributed by atoms with Crippen molar-refractivity contribution in [1.82, 2.24) is 5.32 Å². The maximum atomic E-state index is 11.3. The van der Waals surface area contributed by atoms with E-state index in [1.807, 2.05) is 13.8 Å². The van der Waals surface area contributed by atoms with E-state index in [2.05, 4.69) is 5.32 Å². The highest BCUT2D eigenvalue weighted by atomic mass is 35.5. The number of alkyl halides is 1. The largest absolute Gasteiger partial charge is 0.376 e. The molecule has 1 fully saturated rings. The van der Waals surface area contributed by atoms with Gasteiger partial charge < -0.3 is 10.1 Å². The quantitative estimate of drug-likeness (QED) is 0.706. The lowest BCUT2D eigenvalue weighted by molar-refractivity contribution is -0.123. The average Bonchev–Trinajstić information content (AvgIpc) is 2.32. The molecule has 1 heterocycles.